The van der Waals surface area contributed by atoms with E-state index in [-0.39, 0.29) is 5.69 Å². The van der Waals surface area contributed by atoms with Crippen molar-refractivity contribution in [1.29, 1.82) is 0 Å². The van der Waals surface area contributed by atoms with Crippen LogP contribution in [-0.2, 0) is 0 Å². The van der Waals surface area contributed by atoms with Crippen molar-refractivity contribution in [3.05, 3.63) is 72.9 Å². The minimum atomic E-state index is -0.408. The summed E-state index contributed by atoms with van der Waals surface area (Å²) in [6, 6.07) is 15.4. The summed E-state index contributed by atoms with van der Waals surface area (Å²) < 4.78 is 10.4. The van der Waals surface area contributed by atoms with Gasteiger partial charge in [0.05, 0.1) is 24.3 Å². The van der Waals surface area contributed by atoms with E-state index in [4.69, 9.17) is 8.94 Å². The van der Waals surface area contributed by atoms with Crippen molar-refractivity contribution >= 4 is 23.2 Å². The molecule has 1 aliphatic rings. The van der Waals surface area contributed by atoms with E-state index < -0.39 is 5.91 Å². The highest BCUT2D eigenvalue weighted by Gasteiger charge is 2.20. The molecule has 0 spiro atoms. The van der Waals surface area contributed by atoms with Gasteiger partial charge in [-0.2, -0.15) is 0 Å². The largest absolute Gasteiger partial charge is 0.461 e. The molecule has 156 valence electrons. The fraction of sp³-hybridized carbons (Fsp3) is 0.182. The van der Waals surface area contributed by atoms with Crippen LogP contribution in [0.4, 0.5) is 17.3 Å². The fourth-order valence-electron chi connectivity index (χ4n) is 3.46. The number of nitrogens with one attached hydrogen (secondary N) is 1. The van der Waals surface area contributed by atoms with Crippen LogP contribution in [0.1, 0.15) is 10.5 Å². The van der Waals surface area contributed by atoms with Crippen molar-refractivity contribution in [1.82, 2.24) is 15.1 Å². The summed E-state index contributed by atoms with van der Waals surface area (Å²) in [4.78, 5) is 25.7. The zero-order chi connectivity index (χ0) is 21.0. The number of carbonyl (C=O) groups excluding carboxylic acids is 1. The van der Waals surface area contributed by atoms with E-state index in [2.05, 4.69) is 54.5 Å². The van der Waals surface area contributed by atoms with Gasteiger partial charge in [0.15, 0.2) is 11.5 Å². The van der Waals surface area contributed by atoms with Crippen LogP contribution in [0.5, 0.6) is 0 Å². The summed E-state index contributed by atoms with van der Waals surface area (Å²) in [5.41, 5.74) is 1.86. The Kier molecular flexibility index (Phi) is 5.05. The first kappa shape index (κ1) is 18.9. The number of amides is 1. The van der Waals surface area contributed by atoms with E-state index in [0.717, 1.165) is 26.2 Å². The Labute approximate surface area is 178 Å². The van der Waals surface area contributed by atoms with E-state index in [1.54, 1.807) is 24.5 Å². The average molecular weight is 416 g/mol. The van der Waals surface area contributed by atoms with Crippen molar-refractivity contribution < 1.29 is 13.7 Å². The lowest BCUT2D eigenvalue weighted by Gasteiger charge is -2.36. The minimum absolute atomic E-state index is 0.146. The molecule has 5 rings (SSSR count). The summed E-state index contributed by atoms with van der Waals surface area (Å²) in [6.45, 7) is 3.45. The van der Waals surface area contributed by atoms with Gasteiger partial charge in [-0.15, -0.1) is 0 Å². The molecule has 0 bridgehead atoms. The predicted octanol–water partition coefficient (Wildman–Crippen LogP) is 3.30. The SMILES string of the molecule is O=C(Nc1cnc(N2CCN(c3ccccc3)CC2)nc1)c1cc(-c2ccco2)on1. The first-order chi connectivity index (χ1) is 15.3. The second-order valence-corrected chi connectivity index (χ2v) is 7.09. The van der Waals surface area contributed by atoms with Crippen molar-refractivity contribution in [3.63, 3.8) is 0 Å². The standard InChI is InChI=1S/C22H20N6O3/c29-21(18-13-20(31-26-18)19-7-4-12-30-19)25-16-14-23-22(24-15-16)28-10-8-27(9-11-28)17-5-2-1-3-6-17/h1-7,12-15H,8-11H2,(H,25,29). The predicted molar refractivity (Wildman–Crippen MR) is 115 cm³/mol. The molecule has 0 radical (unpaired) electrons. The number of hydrogen-bond acceptors (Lipinski definition) is 8. The van der Waals surface area contributed by atoms with Crippen LogP contribution in [0, 0.1) is 0 Å². The Morgan fingerprint density at radius 1 is 0.903 bits per heavy atom. The molecule has 4 heterocycles. The van der Waals surface area contributed by atoms with Gasteiger partial charge < -0.3 is 24.1 Å². The lowest BCUT2D eigenvalue weighted by atomic mass is 10.2. The maximum Gasteiger partial charge on any atom is 0.277 e. The van der Waals surface area contributed by atoms with Crippen LogP contribution in [-0.4, -0.2) is 47.2 Å². The quantitative estimate of drug-likeness (QED) is 0.529. The van der Waals surface area contributed by atoms with Gasteiger partial charge in [-0.3, -0.25) is 4.79 Å². The Morgan fingerprint density at radius 3 is 2.35 bits per heavy atom. The molecule has 0 saturated carbocycles. The molecule has 1 aliphatic heterocycles. The van der Waals surface area contributed by atoms with Gasteiger partial charge in [-0.25, -0.2) is 9.97 Å². The van der Waals surface area contributed by atoms with Crippen LogP contribution in [0.3, 0.4) is 0 Å². The van der Waals surface area contributed by atoms with E-state index in [1.807, 2.05) is 6.07 Å². The van der Waals surface area contributed by atoms with Crippen LogP contribution in [0.25, 0.3) is 11.5 Å². The molecule has 3 aromatic heterocycles. The molecule has 1 N–H and O–H groups in total. The topological polar surface area (TPSA) is 101 Å². The molecule has 9 nitrogen and oxygen atoms in total. The Morgan fingerprint density at radius 2 is 1.65 bits per heavy atom. The van der Waals surface area contributed by atoms with E-state index >= 15 is 0 Å². The van der Waals surface area contributed by atoms with Gasteiger partial charge in [0.2, 0.25) is 11.7 Å². The number of furan rings is 1. The Balaban J connectivity index is 1.18. The lowest BCUT2D eigenvalue weighted by molar-refractivity contribution is 0.101. The first-order valence-electron chi connectivity index (χ1n) is 9.95. The number of hydrogen-bond donors (Lipinski definition) is 1. The maximum absolute atomic E-state index is 12.4. The minimum Gasteiger partial charge on any atom is -0.461 e. The number of aromatic nitrogens is 3. The lowest BCUT2D eigenvalue weighted by Crippen LogP contribution is -2.47. The van der Waals surface area contributed by atoms with Crippen molar-refractivity contribution in [2.45, 2.75) is 0 Å². The number of benzene rings is 1. The molecule has 1 saturated heterocycles. The van der Waals surface area contributed by atoms with Crippen molar-refractivity contribution in [3.8, 4) is 11.5 Å². The summed E-state index contributed by atoms with van der Waals surface area (Å²) in [7, 11) is 0. The monoisotopic (exact) mass is 416 g/mol. The highest BCUT2D eigenvalue weighted by atomic mass is 16.5. The van der Waals surface area contributed by atoms with Gasteiger partial charge in [-0.1, -0.05) is 23.4 Å². The van der Waals surface area contributed by atoms with E-state index in [9.17, 15) is 4.79 Å². The highest BCUT2D eigenvalue weighted by Crippen LogP contribution is 2.21. The summed E-state index contributed by atoms with van der Waals surface area (Å²) >= 11 is 0. The molecule has 0 unspecified atom stereocenters. The van der Waals surface area contributed by atoms with E-state index in [0.29, 0.717) is 23.2 Å². The maximum atomic E-state index is 12.4. The third-order valence-corrected chi connectivity index (χ3v) is 5.09. The normalized spacial score (nSPS) is 13.9. The third-order valence-electron chi connectivity index (χ3n) is 5.09. The van der Waals surface area contributed by atoms with Crippen molar-refractivity contribution in [2.24, 2.45) is 0 Å². The molecular weight excluding hydrogens is 396 g/mol. The van der Waals surface area contributed by atoms with Crippen LogP contribution >= 0.6 is 0 Å². The second-order valence-electron chi connectivity index (χ2n) is 7.09. The second kappa shape index (κ2) is 8.31. The van der Waals surface area contributed by atoms with Crippen LogP contribution in [0.15, 0.2) is 76.1 Å². The molecule has 9 heteroatoms. The van der Waals surface area contributed by atoms with Gasteiger partial charge in [0, 0.05) is 37.9 Å². The first-order valence-corrected chi connectivity index (χ1v) is 9.95. The van der Waals surface area contributed by atoms with Crippen molar-refractivity contribution in [2.75, 3.05) is 41.3 Å². The number of anilines is 3. The summed E-state index contributed by atoms with van der Waals surface area (Å²) in [5, 5.41) is 6.52. The van der Waals surface area contributed by atoms with Gasteiger partial charge in [0.25, 0.3) is 5.91 Å². The molecule has 1 amide bonds. The zero-order valence-electron chi connectivity index (χ0n) is 16.6. The van der Waals surface area contributed by atoms with Gasteiger partial charge >= 0.3 is 0 Å². The number of rotatable bonds is 5. The smallest absolute Gasteiger partial charge is 0.277 e. The molecular formula is C22H20N6O3. The number of para-hydroxylation sites is 1. The Bertz CT molecular complexity index is 1130. The van der Waals surface area contributed by atoms with Crippen LogP contribution in [0.2, 0.25) is 0 Å². The number of nitrogens with zero attached hydrogens (tertiary/aromatic N) is 5. The van der Waals surface area contributed by atoms with Gasteiger partial charge in [-0.05, 0) is 24.3 Å². The van der Waals surface area contributed by atoms with Gasteiger partial charge in [0.1, 0.15) is 0 Å². The number of piperazine rings is 1. The molecule has 0 aliphatic carbocycles. The fourth-order valence-corrected chi connectivity index (χ4v) is 3.46. The molecule has 4 aromatic rings. The van der Waals surface area contributed by atoms with Crippen LogP contribution < -0.4 is 15.1 Å². The number of carbonyl (C=O) groups is 1. The average Bonchev–Trinajstić information content (AvgIpc) is 3.53. The molecule has 1 aromatic carbocycles. The Hall–Kier alpha value is -4.14. The zero-order valence-corrected chi connectivity index (χ0v) is 16.6. The third kappa shape index (κ3) is 4.11. The summed E-state index contributed by atoms with van der Waals surface area (Å²) in [5.74, 6) is 1.13. The summed E-state index contributed by atoms with van der Waals surface area (Å²) in [6.07, 6.45) is 4.71. The van der Waals surface area contributed by atoms with E-state index in [1.165, 1.54) is 18.0 Å². The molecule has 31 heavy (non-hydrogen) atoms. The molecule has 1 fully saturated rings. The highest BCUT2D eigenvalue weighted by molar-refractivity contribution is 6.03. The molecule has 0 atom stereocenters.